The van der Waals surface area contributed by atoms with Crippen molar-refractivity contribution in [3.8, 4) is 5.75 Å². The first-order valence-electron chi connectivity index (χ1n) is 7.43. The summed E-state index contributed by atoms with van der Waals surface area (Å²) in [6, 6.07) is 14.0. The topological polar surface area (TPSA) is 71.2 Å². The van der Waals surface area contributed by atoms with Gasteiger partial charge in [0.15, 0.2) is 0 Å². The Labute approximate surface area is 146 Å². The van der Waals surface area contributed by atoms with Gasteiger partial charge in [-0.2, -0.15) is 0 Å². The molecule has 0 aliphatic carbocycles. The predicted molar refractivity (Wildman–Crippen MR) is 97.8 cm³/mol. The van der Waals surface area contributed by atoms with E-state index >= 15 is 0 Å². The first-order valence-corrected chi connectivity index (χ1v) is 8.23. The second kappa shape index (κ2) is 6.88. The normalized spacial score (nSPS) is 10.6. The molecule has 0 unspecified atom stereocenters. The van der Waals surface area contributed by atoms with Crippen LogP contribution in [-0.4, -0.2) is 17.5 Å². The molecule has 6 heteroatoms. The Morgan fingerprint density at radius 2 is 1.92 bits per heavy atom. The van der Waals surface area contributed by atoms with E-state index in [-0.39, 0.29) is 5.56 Å². The van der Waals surface area contributed by atoms with Crippen molar-refractivity contribution < 1.29 is 9.53 Å². The molecule has 2 aromatic carbocycles. The highest BCUT2D eigenvalue weighted by atomic mass is 79.9. The van der Waals surface area contributed by atoms with Crippen LogP contribution in [0, 0.1) is 0 Å². The molecule has 5 nitrogen and oxygen atoms in total. The van der Waals surface area contributed by atoms with Gasteiger partial charge in [-0.1, -0.05) is 15.9 Å². The number of amides is 1. The lowest BCUT2D eigenvalue weighted by Gasteiger charge is -2.07. The maximum atomic E-state index is 12.4. The number of H-pyrrole nitrogens is 1. The first-order chi connectivity index (χ1) is 11.6. The van der Waals surface area contributed by atoms with E-state index in [1.54, 1.807) is 36.4 Å². The van der Waals surface area contributed by atoms with E-state index in [2.05, 4.69) is 26.2 Å². The fraction of sp³-hybridized carbons (Fsp3) is 0.111. The zero-order chi connectivity index (χ0) is 17.1. The second-order valence-corrected chi connectivity index (χ2v) is 6.07. The van der Waals surface area contributed by atoms with Crippen molar-refractivity contribution in [2.45, 2.75) is 6.92 Å². The lowest BCUT2D eigenvalue weighted by molar-refractivity contribution is 0.102. The van der Waals surface area contributed by atoms with E-state index < -0.39 is 11.5 Å². The van der Waals surface area contributed by atoms with Crippen LogP contribution in [0.15, 0.2) is 57.8 Å². The van der Waals surface area contributed by atoms with Crippen LogP contribution < -0.4 is 15.6 Å². The Balaban J connectivity index is 1.87. The monoisotopic (exact) mass is 386 g/mol. The smallest absolute Gasteiger partial charge is 0.261 e. The average molecular weight is 387 g/mol. The van der Waals surface area contributed by atoms with Crippen LogP contribution in [0.1, 0.15) is 17.3 Å². The maximum Gasteiger partial charge on any atom is 0.261 e. The van der Waals surface area contributed by atoms with Crippen LogP contribution >= 0.6 is 15.9 Å². The van der Waals surface area contributed by atoms with Crippen LogP contribution in [0.25, 0.3) is 10.9 Å². The van der Waals surface area contributed by atoms with Gasteiger partial charge in [-0.3, -0.25) is 9.59 Å². The van der Waals surface area contributed by atoms with Gasteiger partial charge in [0.05, 0.1) is 6.61 Å². The number of hydrogen-bond donors (Lipinski definition) is 2. The fourth-order valence-electron chi connectivity index (χ4n) is 2.35. The summed E-state index contributed by atoms with van der Waals surface area (Å²) >= 11 is 3.38. The van der Waals surface area contributed by atoms with E-state index in [1.165, 1.54) is 0 Å². The van der Waals surface area contributed by atoms with Crippen molar-refractivity contribution in [2.24, 2.45) is 0 Å². The highest BCUT2D eigenvalue weighted by Crippen LogP contribution is 2.19. The van der Waals surface area contributed by atoms with Crippen molar-refractivity contribution in [3.05, 3.63) is 68.9 Å². The Hall–Kier alpha value is -2.60. The van der Waals surface area contributed by atoms with Gasteiger partial charge in [0.25, 0.3) is 11.5 Å². The van der Waals surface area contributed by atoms with Gasteiger partial charge < -0.3 is 15.0 Å². The number of aromatic nitrogens is 1. The average Bonchev–Trinajstić information content (AvgIpc) is 2.56. The zero-order valence-electron chi connectivity index (χ0n) is 12.9. The predicted octanol–water partition coefficient (Wildman–Crippen LogP) is 3.94. The molecule has 0 saturated heterocycles. The van der Waals surface area contributed by atoms with Gasteiger partial charge in [0.2, 0.25) is 0 Å². The lowest BCUT2D eigenvalue weighted by Crippen LogP contribution is -2.23. The van der Waals surface area contributed by atoms with Gasteiger partial charge in [0.1, 0.15) is 11.3 Å². The van der Waals surface area contributed by atoms with Crippen LogP contribution in [0.4, 0.5) is 5.69 Å². The number of rotatable bonds is 4. The van der Waals surface area contributed by atoms with E-state index in [1.807, 2.05) is 19.1 Å². The number of benzene rings is 2. The minimum absolute atomic E-state index is 0.0643. The molecule has 0 radical (unpaired) electrons. The summed E-state index contributed by atoms with van der Waals surface area (Å²) in [6.45, 7) is 2.48. The van der Waals surface area contributed by atoms with Gasteiger partial charge in [-0.05, 0) is 55.5 Å². The number of anilines is 1. The standard InChI is InChI=1S/C18H15BrN2O3/c1-2-24-14-6-4-13(5-7-14)20-17(22)15-10-11-9-12(19)3-8-16(11)21-18(15)23/h3-10H,2H2,1H3,(H,20,22)(H,21,23). The van der Waals surface area contributed by atoms with E-state index in [0.717, 1.165) is 15.6 Å². The largest absolute Gasteiger partial charge is 0.494 e. The molecule has 3 aromatic rings. The third kappa shape index (κ3) is 3.49. The Kier molecular flexibility index (Phi) is 4.66. The Bertz CT molecular complexity index is 949. The quantitative estimate of drug-likeness (QED) is 0.713. The highest BCUT2D eigenvalue weighted by Gasteiger charge is 2.12. The Morgan fingerprint density at radius 1 is 1.17 bits per heavy atom. The number of ether oxygens (including phenoxy) is 1. The van der Waals surface area contributed by atoms with Crippen molar-refractivity contribution >= 4 is 38.4 Å². The molecule has 0 atom stereocenters. The van der Waals surface area contributed by atoms with Crippen LogP contribution in [0.5, 0.6) is 5.75 Å². The van der Waals surface area contributed by atoms with Crippen molar-refractivity contribution in [1.82, 2.24) is 4.98 Å². The van der Waals surface area contributed by atoms with E-state index in [9.17, 15) is 9.59 Å². The fourth-order valence-corrected chi connectivity index (χ4v) is 2.72. The van der Waals surface area contributed by atoms with Crippen LogP contribution in [0.3, 0.4) is 0 Å². The Morgan fingerprint density at radius 3 is 2.62 bits per heavy atom. The molecule has 0 fully saturated rings. The molecule has 3 rings (SSSR count). The minimum Gasteiger partial charge on any atom is -0.494 e. The number of pyridine rings is 1. The first kappa shape index (κ1) is 16.3. The van der Waals surface area contributed by atoms with Crippen molar-refractivity contribution in [2.75, 3.05) is 11.9 Å². The molecule has 0 bridgehead atoms. The second-order valence-electron chi connectivity index (χ2n) is 5.16. The van der Waals surface area contributed by atoms with Gasteiger partial charge in [-0.25, -0.2) is 0 Å². The molecule has 0 spiro atoms. The summed E-state index contributed by atoms with van der Waals surface area (Å²) in [7, 11) is 0. The third-order valence-corrected chi connectivity index (χ3v) is 3.97. The number of halogens is 1. The molecule has 0 aliphatic heterocycles. The van der Waals surface area contributed by atoms with Gasteiger partial charge >= 0.3 is 0 Å². The summed E-state index contributed by atoms with van der Waals surface area (Å²) in [5, 5.41) is 3.50. The zero-order valence-corrected chi connectivity index (χ0v) is 14.5. The molecule has 24 heavy (non-hydrogen) atoms. The molecule has 1 heterocycles. The molecular formula is C18H15BrN2O3. The number of fused-ring (bicyclic) bond motifs is 1. The van der Waals surface area contributed by atoms with Gasteiger partial charge in [-0.15, -0.1) is 0 Å². The van der Waals surface area contributed by atoms with Crippen molar-refractivity contribution in [3.63, 3.8) is 0 Å². The number of aromatic amines is 1. The van der Waals surface area contributed by atoms with Crippen LogP contribution in [0.2, 0.25) is 0 Å². The summed E-state index contributed by atoms with van der Waals surface area (Å²) in [5.74, 6) is 0.270. The molecule has 1 amide bonds. The molecule has 0 aliphatic rings. The summed E-state index contributed by atoms with van der Waals surface area (Å²) in [5.41, 5.74) is 0.917. The summed E-state index contributed by atoms with van der Waals surface area (Å²) in [6.07, 6.45) is 0. The SMILES string of the molecule is CCOc1ccc(NC(=O)c2cc3cc(Br)ccc3[nH]c2=O)cc1. The van der Waals surface area contributed by atoms with E-state index in [4.69, 9.17) is 4.74 Å². The van der Waals surface area contributed by atoms with E-state index in [0.29, 0.717) is 17.8 Å². The molecule has 122 valence electrons. The maximum absolute atomic E-state index is 12.4. The highest BCUT2D eigenvalue weighted by molar-refractivity contribution is 9.10. The van der Waals surface area contributed by atoms with Crippen molar-refractivity contribution in [1.29, 1.82) is 0 Å². The number of hydrogen-bond acceptors (Lipinski definition) is 3. The molecular weight excluding hydrogens is 372 g/mol. The van der Waals surface area contributed by atoms with Gasteiger partial charge in [0, 0.05) is 21.1 Å². The molecule has 0 saturated carbocycles. The molecule has 1 aromatic heterocycles. The minimum atomic E-state index is -0.456. The van der Waals surface area contributed by atoms with Crippen LogP contribution in [-0.2, 0) is 0 Å². The lowest BCUT2D eigenvalue weighted by atomic mass is 10.1. The number of carbonyl (C=O) groups is 1. The number of nitrogens with one attached hydrogen (secondary N) is 2. The molecule has 2 N–H and O–H groups in total. The summed E-state index contributed by atoms with van der Waals surface area (Å²) < 4.78 is 6.23. The number of carbonyl (C=O) groups excluding carboxylic acids is 1. The third-order valence-electron chi connectivity index (χ3n) is 3.47. The summed E-state index contributed by atoms with van der Waals surface area (Å²) in [4.78, 5) is 27.3.